The first kappa shape index (κ1) is 33.3. The quantitative estimate of drug-likeness (QED) is 0.103. The van der Waals surface area contributed by atoms with Crippen molar-refractivity contribution in [2.24, 2.45) is 23.5 Å². The Kier molecular flexibility index (Phi) is 13.5. The van der Waals surface area contributed by atoms with Gasteiger partial charge in [0.05, 0.1) is 5.54 Å². The molecule has 4 bridgehead atoms. The average Bonchev–Trinajstić information content (AvgIpc) is 3.23. The molecule has 4 aliphatic carbocycles. The Hall–Kier alpha value is -1.63. The van der Waals surface area contributed by atoms with Crippen molar-refractivity contribution in [2.45, 2.75) is 166 Å². The third kappa shape index (κ3) is 9.43. The van der Waals surface area contributed by atoms with E-state index < -0.39 is 0 Å². The Bertz CT molecular complexity index is 826. The summed E-state index contributed by atoms with van der Waals surface area (Å²) < 4.78 is 0. The van der Waals surface area contributed by atoms with Gasteiger partial charge < -0.3 is 16.0 Å². The summed E-state index contributed by atoms with van der Waals surface area (Å²) in [6, 6.07) is -0.240. The number of carbonyl (C=O) groups excluding carboxylic acids is 3. The number of amides is 4. The van der Waals surface area contributed by atoms with Crippen molar-refractivity contribution in [2.75, 3.05) is 19.6 Å². The Morgan fingerprint density at radius 1 is 0.810 bits per heavy atom. The fourth-order valence-corrected chi connectivity index (χ4v) is 9.11. The molecule has 1 saturated heterocycles. The number of unbranched alkanes of at least 4 members (excludes halogenated alkanes) is 13. The first-order chi connectivity index (χ1) is 20.4. The molecule has 7 nitrogen and oxygen atoms in total. The molecule has 4 saturated carbocycles. The lowest BCUT2D eigenvalue weighted by Gasteiger charge is -2.58. The Balaban J connectivity index is 1.15. The van der Waals surface area contributed by atoms with Crippen LogP contribution in [-0.4, -0.2) is 58.9 Å². The van der Waals surface area contributed by atoms with Crippen LogP contribution in [-0.2, 0) is 9.59 Å². The lowest BCUT2D eigenvalue weighted by atomic mass is 9.52. The topological polar surface area (TPSA) is 95.7 Å². The molecule has 1 atom stereocenters. The van der Waals surface area contributed by atoms with Gasteiger partial charge in [0.25, 0.3) is 5.91 Å². The van der Waals surface area contributed by atoms with Crippen LogP contribution in [0.2, 0.25) is 0 Å². The standard InChI is InChI=1S/C35H62N4O3/c1-2-3-4-5-6-7-8-9-10-11-12-13-14-18-32(40)37-31(17-15-16-19-36)26-38-27-33(41)39(34(38)42)35-23-28-20-29(24-35)22-30(21-28)25-35/h28-31H,2-27,36H2,1H3,(H,37,40). The molecule has 42 heavy (non-hydrogen) atoms. The van der Waals surface area contributed by atoms with Gasteiger partial charge in [-0.1, -0.05) is 90.4 Å². The zero-order valence-corrected chi connectivity index (χ0v) is 26.9. The smallest absolute Gasteiger partial charge is 0.327 e. The largest absolute Gasteiger partial charge is 0.352 e. The Morgan fingerprint density at radius 3 is 1.86 bits per heavy atom. The predicted octanol–water partition coefficient (Wildman–Crippen LogP) is 7.31. The summed E-state index contributed by atoms with van der Waals surface area (Å²) in [6.45, 7) is 3.47. The van der Waals surface area contributed by atoms with Crippen LogP contribution >= 0.6 is 0 Å². The number of carbonyl (C=O) groups is 3. The third-order valence-electron chi connectivity index (χ3n) is 10.8. The van der Waals surface area contributed by atoms with Gasteiger partial charge in [-0.3, -0.25) is 14.5 Å². The Morgan fingerprint density at radius 2 is 1.33 bits per heavy atom. The van der Waals surface area contributed by atoms with Gasteiger partial charge in [0.2, 0.25) is 5.91 Å². The first-order valence-corrected chi connectivity index (χ1v) is 18.1. The molecule has 0 aromatic carbocycles. The SMILES string of the molecule is CCCCCCCCCCCCCCCC(=O)NC(CCCCN)CN1CC(=O)N(C23CC4CC(CC(C4)C2)C3)C1=O. The summed E-state index contributed by atoms with van der Waals surface area (Å²) >= 11 is 0. The zero-order valence-electron chi connectivity index (χ0n) is 26.9. The normalized spacial score (nSPS) is 27.3. The molecular formula is C35H62N4O3. The molecule has 0 aromatic heterocycles. The second kappa shape index (κ2) is 17.0. The van der Waals surface area contributed by atoms with Crippen molar-refractivity contribution < 1.29 is 14.4 Å². The molecule has 0 spiro atoms. The average molecular weight is 587 g/mol. The van der Waals surface area contributed by atoms with Gasteiger partial charge in [-0.25, -0.2) is 4.79 Å². The van der Waals surface area contributed by atoms with Crippen LogP contribution in [0.15, 0.2) is 0 Å². The van der Waals surface area contributed by atoms with E-state index >= 15 is 0 Å². The van der Waals surface area contributed by atoms with E-state index in [0.29, 0.717) is 37.3 Å². The van der Waals surface area contributed by atoms with Crippen LogP contribution in [0.3, 0.4) is 0 Å². The highest BCUT2D eigenvalue weighted by molar-refractivity contribution is 6.03. The summed E-state index contributed by atoms with van der Waals surface area (Å²) in [7, 11) is 0. The molecule has 5 fully saturated rings. The molecule has 4 amide bonds. The van der Waals surface area contributed by atoms with Gasteiger partial charge >= 0.3 is 6.03 Å². The first-order valence-electron chi connectivity index (χ1n) is 18.1. The van der Waals surface area contributed by atoms with Crippen molar-refractivity contribution >= 4 is 17.8 Å². The van der Waals surface area contributed by atoms with Gasteiger partial charge in [0.1, 0.15) is 6.54 Å². The van der Waals surface area contributed by atoms with Gasteiger partial charge in [-0.2, -0.15) is 0 Å². The minimum Gasteiger partial charge on any atom is -0.352 e. The number of imide groups is 1. The number of nitrogens with zero attached hydrogens (tertiary/aromatic N) is 2. The Labute approximate surface area is 256 Å². The maximum Gasteiger partial charge on any atom is 0.327 e. The zero-order chi connectivity index (χ0) is 29.8. The number of nitrogens with two attached hydrogens (primary N) is 1. The van der Waals surface area contributed by atoms with E-state index in [2.05, 4.69) is 12.2 Å². The van der Waals surface area contributed by atoms with Crippen molar-refractivity contribution in [1.82, 2.24) is 15.1 Å². The summed E-state index contributed by atoms with van der Waals surface area (Å²) in [5, 5.41) is 3.23. The minimum absolute atomic E-state index is 0.0269. The van der Waals surface area contributed by atoms with E-state index in [4.69, 9.17) is 5.73 Å². The molecule has 3 N–H and O–H groups in total. The van der Waals surface area contributed by atoms with Crippen LogP contribution in [0.1, 0.15) is 155 Å². The highest BCUT2D eigenvalue weighted by Crippen LogP contribution is 2.58. The van der Waals surface area contributed by atoms with Crippen molar-refractivity contribution in [1.29, 1.82) is 0 Å². The number of hydrogen-bond donors (Lipinski definition) is 2. The maximum atomic E-state index is 13.7. The predicted molar refractivity (Wildman–Crippen MR) is 170 cm³/mol. The van der Waals surface area contributed by atoms with E-state index in [9.17, 15) is 14.4 Å². The van der Waals surface area contributed by atoms with Crippen LogP contribution in [0.4, 0.5) is 4.79 Å². The number of urea groups is 1. The summed E-state index contributed by atoms with van der Waals surface area (Å²) in [5.74, 6) is 2.09. The van der Waals surface area contributed by atoms with Crippen LogP contribution in [0.5, 0.6) is 0 Å². The van der Waals surface area contributed by atoms with Crippen LogP contribution in [0, 0.1) is 17.8 Å². The van der Waals surface area contributed by atoms with E-state index in [1.165, 1.54) is 89.9 Å². The molecule has 240 valence electrons. The molecule has 1 aliphatic heterocycles. The minimum atomic E-state index is -0.246. The van der Waals surface area contributed by atoms with Crippen molar-refractivity contribution in [3.8, 4) is 0 Å². The summed E-state index contributed by atoms with van der Waals surface area (Å²) in [4.78, 5) is 43.3. The van der Waals surface area contributed by atoms with E-state index in [1.807, 2.05) is 0 Å². The third-order valence-corrected chi connectivity index (χ3v) is 10.8. The van der Waals surface area contributed by atoms with Crippen LogP contribution in [0.25, 0.3) is 0 Å². The molecule has 7 heteroatoms. The molecule has 0 radical (unpaired) electrons. The fraction of sp³-hybridized carbons (Fsp3) is 0.914. The molecular weight excluding hydrogens is 524 g/mol. The highest BCUT2D eigenvalue weighted by Gasteiger charge is 2.58. The van der Waals surface area contributed by atoms with Gasteiger partial charge in [-0.05, 0) is 82.1 Å². The lowest BCUT2D eigenvalue weighted by Crippen LogP contribution is -2.62. The van der Waals surface area contributed by atoms with Crippen molar-refractivity contribution in [3.63, 3.8) is 0 Å². The van der Waals surface area contributed by atoms with E-state index in [0.717, 1.165) is 51.4 Å². The lowest BCUT2D eigenvalue weighted by molar-refractivity contribution is -0.138. The molecule has 5 aliphatic rings. The van der Waals surface area contributed by atoms with Crippen LogP contribution < -0.4 is 11.1 Å². The van der Waals surface area contributed by atoms with Gasteiger partial charge in [-0.15, -0.1) is 0 Å². The number of nitrogens with one attached hydrogen (secondary N) is 1. The molecule has 5 rings (SSSR count). The van der Waals surface area contributed by atoms with E-state index in [-0.39, 0.29) is 36.0 Å². The number of hydrogen-bond acceptors (Lipinski definition) is 4. The second-order valence-electron chi connectivity index (χ2n) is 14.6. The van der Waals surface area contributed by atoms with Crippen molar-refractivity contribution in [3.05, 3.63) is 0 Å². The maximum absolute atomic E-state index is 13.7. The number of rotatable bonds is 22. The molecule has 1 heterocycles. The summed E-state index contributed by atoms with van der Waals surface area (Å²) in [6.07, 6.45) is 26.8. The van der Waals surface area contributed by atoms with E-state index in [1.54, 1.807) is 9.80 Å². The molecule has 1 unspecified atom stereocenters. The van der Waals surface area contributed by atoms with Gasteiger partial charge in [0.15, 0.2) is 0 Å². The highest BCUT2D eigenvalue weighted by atomic mass is 16.2. The monoisotopic (exact) mass is 586 g/mol. The summed E-state index contributed by atoms with van der Waals surface area (Å²) in [5.41, 5.74) is 5.49. The van der Waals surface area contributed by atoms with Gasteiger partial charge in [0, 0.05) is 19.0 Å². The molecule has 0 aromatic rings. The second-order valence-corrected chi connectivity index (χ2v) is 14.6. The fourth-order valence-electron chi connectivity index (χ4n) is 9.11.